The highest BCUT2D eigenvalue weighted by Gasteiger charge is 2.25. The van der Waals surface area contributed by atoms with Crippen molar-refractivity contribution in [3.63, 3.8) is 0 Å². The van der Waals surface area contributed by atoms with Gasteiger partial charge in [-0.05, 0) is 41.0 Å². The first kappa shape index (κ1) is 17.3. The number of hydrogen-bond acceptors (Lipinski definition) is 6. The van der Waals surface area contributed by atoms with Gasteiger partial charge in [0.1, 0.15) is 5.54 Å². The lowest BCUT2D eigenvalue weighted by Crippen LogP contribution is -2.37. The quantitative estimate of drug-likeness (QED) is 0.208. The average molecular weight is 272 g/mol. The van der Waals surface area contributed by atoms with Crippen molar-refractivity contribution in [3.8, 4) is 0 Å². The minimum atomic E-state index is -0.881. The van der Waals surface area contributed by atoms with Crippen molar-refractivity contribution in [3.05, 3.63) is 0 Å². The van der Waals surface area contributed by atoms with E-state index in [1.165, 1.54) is 0 Å². The van der Waals surface area contributed by atoms with Gasteiger partial charge in [0.25, 0.3) is 0 Å². The summed E-state index contributed by atoms with van der Waals surface area (Å²) in [6.07, 6.45) is -0.173. The fraction of sp³-hybridized carbons (Fsp3) is 0.833. The fourth-order valence-electron chi connectivity index (χ4n) is 0.736. The van der Waals surface area contributed by atoms with E-state index in [9.17, 15) is 4.79 Å². The van der Waals surface area contributed by atoms with Gasteiger partial charge in [0.15, 0.2) is 5.84 Å². The van der Waals surface area contributed by atoms with Gasteiger partial charge in [-0.1, -0.05) is 12.1 Å². The molecule has 0 aliphatic heterocycles. The van der Waals surface area contributed by atoms with Crippen molar-refractivity contribution in [2.24, 2.45) is 21.1 Å². The van der Waals surface area contributed by atoms with Crippen LogP contribution in [0.15, 0.2) is 15.4 Å². The maximum Gasteiger partial charge on any atom is 0.535 e. The Bertz CT molecular complexity index is 356. The Morgan fingerprint density at radius 3 is 2.21 bits per heavy atom. The summed E-state index contributed by atoms with van der Waals surface area (Å²) < 4.78 is 4.69. The van der Waals surface area contributed by atoms with Crippen LogP contribution in [-0.4, -0.2) is 29.7 Å². The molecule has 110 valence electrons. The van der Waals surface area contributed by atoms with Gasteiger partial charge in [-0.2, -0.15) is 10.2 Å². The third-order valence-corrected chi connectivity index (χ3v) is 1.87. The summed E-state index contributed by atoms with van der Waals surface area (Å²) in [5.41, 5.74) is 4.57. The van der Waals surface area contributed by atoms with Crippen molar-refractivity contribution in [2.75, 3.05) is 6.61 Å². The summed E-state index contributed by atoms with van der Waals surface area (Å²) in [6, 6.07) is 0. The van der Waals surface area contributed by atoms with Gasteiger partial charge in [-0.3, -0.25) is 4.84 Å². The average Bonchev–Trinajstić information content (AvgIpc) is 2.30. The number of hydrogen-bond donors (Lipinski definition) is 1. The van der Waals surface area contributed by atoms with E-state index in [1.54, 1.807) is 13.8 Å². The van der Waals surface area contributed by atoms with E-state index >= 15 is 0 Å². The van der Waals surface area contributed by atoms with Crippen LogP contribution in [0.4, 0.5) is 4.79 Å². The van der Waals surface area contributed by atoms with E-state index in [4.69, 9.17) is 10.5 Å². The smallest absolute Gasteiger partial charge is 0.433 e. The van der Waals surface area contributed by atoms with E-state index in [1.807, 2.05) is 27.7 Å². The molecule has 0 unspecified atom stereocenters. The van der Waals surface area contributed by atoms with Crippen LogP contribution in [0.25, 0.3) is 0 Å². The summed E-state index contributed by atoms with van der Waals surface area (Å²) in [7, 11) is 0. The van der Waals surface area contributed by atoms with Crippen molar-refractivity contribution in [1.29, 1.82) is 0 Å². The Morgan fingerprint density at radius 1 is 1.16 bits per heavy atom. The van der Waals surface area contributed by atoms with Crippen LogP contribution in [-0.2, 0) is 9.57 Å². The van der Waals surface area contributed by atoms with Crippen LogP contribution >= 0.6 is 0 Å². The van der Waals surface area contributed by atoms with Gasteiger partial charge in [-0.25, -0.2) is 4.79 Å². The Morgan fingerprint density at radius 2 is 1.74 bits per heavy atom. The lowest BCUT2D eigenvalue weighted by Gasteiger charge is -2.19. The number of rotatable bonds is 5. The third kappa shape index (κ3) is 8.12. The second kappa shape index (κ2) is 7.06. The van der Waals surface area contributed by atoms with E-state index < -0.39 is 11.7 Å². The largest absolute Gasteiger partial charge is 0.535 e. The standard InChI is InChI=1S/C12H24N4O3/c1-7-8-18-10(17)19-14-9(13)12(5,6)16-15-11(2,3)4/h7-8H2,1-6H3,(H2,13,14). The first-order valence-electron chi connectivity index (χ1n) is 6.20. The topological polar surface area (TPSA) is 98.6 Å². The summed E-state index contributed by atoms with van der Waals surface area (Å²) >= 11 is 0. The Balaban J connectivity index is 4.57. The molecule has 0 spiro atoms. The molecule has 19 heavy (non-hydrogen) atoms. The van der Waals surface area contributed by atoms with Crippen LogP contribution in [0.3, 0.4) is 0 Å². The predicted octanol–water partition coefficient (Wildman–Crippen LogP) is 2.85. The van der Waals surface area contributed by atoms with Gasteiger partial charge in [0, 0.05) is 0 Å². The molecule has 0 heterocycles. The predicted molar refractivity (Wildman–Crippen MR) is 73.0 cm³/mol. The van der Waals surface area contributed by atoms with Gasteiger partial charge in [0.2, 0.25) is 0 Å². The minimum Gasteiger partial charge on any atom is -0.433 e. The molecule has 0 saturated carbocycles. The first-order valence-corrected chi connectivity index (χ1v) is 6.20. The molecule has 7 heteroatoms. The van der Waals surface area contributed by atoms with Crippen molar-refractivity contribution in [2.45, 2.75) is 59.0 Å². The maximum atomic E-state index is 11.1. The molecule has 0 saturated heterocycles. The van der Waals surface area contributed by atoms with Gasteiger partial charge in [-0.15, -0.1) is 0 Å². The number of oxime groups is 1. The van der Waals surface area contributed by atoms with Crippen LogP contribution in [0, 0.1) is 0 Å². The maximum absolute atomic E-state index is 11.1. The minimum absolute atomic E-state index is 0.0500. The number of azo groups is 1. The molecule has 0 aromatic heterocycles. The number of carbonyl (C=O) groups is 1. The molecule has 0 aliphatic carbocycles. The van der Waals surface area contributed by atoms with Gasteiger partial charge >= 0.3 is 6.16 Å². The first-order chi connectivity index (χ1) is 8.58. The van der Waals surface area contributed by atoms with Gasteiger partial charge < -0.3 is 10.5 Å². The zero-order valence-electron chi connectivity index (χ0n) is 12.6. The van der Waals surface area contributed by atoms with Crippen molar-refractivity contribution < 1.29 is 14.4 Å². The highest BCUT2D eigenvalue weighted by atomic mass is 16.8. The normalized spacial score (nSPS) is 13.7. The lowest BCUT2D eigenvalue weighted by molar-refractivity contribution is 0.0569. The summed E-state index contributed by atoms with van der Waals surface area (Å²) in [5, 5.41) is 11.7. The monoisotopic (exact) mass is 272 g/mol. The molecule has 0 aliphatic rings. The van der Waals surface area contributed by atoms with Crippen LogP contribution in [0.2, 0.25) is 0 Å². The van der Waals surface area contributed by atoms with Crippen LogP contribution in [0.1, 0.15) is 48.0 Å². The molecule has 0 radical (unpaired) electrons. The van der Waals surface area contributed by atoms with E-state index in [2.05, 4.69) is 20.2 Å². The second-order valence-electron chi connectivity index (χ2n) is 5.60. The molecular formula is C12H24N4O3. The lowest BCUT2D eigenvalue weighted by atomic mass is 10.1. The van der Waals surface area contributed by atoms with E-state index in [0.29, 0.717) is 6.42 Å². The summed E-state index contributed by atoms with van der Waals surface area (Å²) in [6.45, 7) is 11.3. The summed E-state index contributed by atoms with van der Waals surface area (Å²) in [5.74, 6) is 0.0500. The Kier molecular flexibility index (Phi) is 6.44. The Hall–Kier alpha value is -1.66. The number of carbonyl (C=O) groups excluding carboxylic acids is 1. The molecule has 0 aromatic rings. The zero-order chi connectivity index (χ0) is 15.1. The zero-order valence-corrected chi connectivity index (χ0v) is 12.6. The number of nitrogens with zero attached hydrogens (tertiary/aromatic N) is 3. The SMILES string of the molecule is CCCOC(=O)ON=C(N)C(C)(C)N=NC(C)(C)C. The van der Waals surface area contributed by atoms with Gasteiger partial charge in [0.05, 0.1) is 12.1 Å². The number of ether oxygens (including phenoxy) is 1. The third-order valence-electron chi connectivity index (χ3n) is 1.87. The molecule has 2 N–H and O–H groups in total. The van der Waals surface area contributed by atoms with Crippen molar-refractivity contribution in [1.82, 2.24) is 0 Å². The number of nitrogens with two attached hydrogens (primary N) is 1. The molecule has 0 bridgehead atoms. The van der Waals surface area contributed by atoms with E-state index in [-0.39, 0.29) is 18.0 Å². The fourth-order valence-corrected chi connectivity index (χ4v) is 0.736. The summed E-state index contributed by atoms with van der Waals surface area (Å²) in [4.78, 5) is 15.6. The van der Waals surface area contributed by atoms with Crippen LogP contribution in [0.5, 0.6) is 0 Å². The second-order valence-corrected chi connectivity index (χ2v) is 5.60. The van der Waals surface area contributed by atoms with E-state index in [0.717, 1.165) is 0 Å². The molecule has 7 nitrogen and oxygen atoms in total. The molecule has 0 aromatic carbocycles. The molecule has 0 fully saturated rings. The highest BCUT2D eigenvalue weighted by Crippen LogP contribution is 2.15. The van der Waals surface area contributed by atoms with Crippen LogP contribution < -0.4 is 5.73 Å². The molecule has 0 rings (SSSR count). The van der Waals surface area contributed by atoms with Crippen molar-refractivity contribution >= 4 is 12.0 Å². The Labute approximate surface area is 114 Å². The molecule has 0 atom stereocenters. The molecule has 0 amide bonds. The highest BCUT2D eigenvalue weighted by molar-refractivity contribution is 5.89. The molecular weight excluding hydrogens is 248 g/mol. The number of amidine groups is 1.